The molecule has 1 unspecified atom stereocenters. The maximum absolute atomic E-state index is 11.9. The van der Waals surface area contributed by atoms with Gasteiger partial charge >= 0.3 is 0 Å². The van der Waals surface area contributed by atoms with Crippen molar-refractivity contribution in [3.63, 3.8) is 0 Å². The molecule has 0 saturated heterocycles. The molecule has 1 aromatic heterocycles. The normalized spacial score (nSPS) is 11.8. The molecule has 0 spiro atoms. The van der Waals surface area contributed by atoms with E-state index in [1.54, 1.807) is 42.5 Å². The predicted molar refractivity (Wildman–Crippen MR) is 106 cm³/mol. The summed E-state index contributed by atoms with van der Waals surface area (Å²) in [5.41, 5.74) is 1.47. The van der Waals surface area contributed by atoms with Gasteiger partial charge in [-0.25, -0.2) is 0 Å². The molecule has 1 heterocycles. The fraction of sp³-hybridized carbons (Fsp3) is 0.190. The van der Waals surface area contributed by atoms with Crippen LogP contribution in [0.2, 0.25) is 5.02 Å². The van der Waals surface area contributed by atoms with E-state index in [0.29, 0.717) is 23.1 Å². The number of rotatable bonds is 9. The van der Waals surface area contributed by atoms with E-state index in [1.165, 1.54) is 6.26 Å². The molecule has 1 amide bonds. The fourth-order valence-electron chi connectivity index (χ4n) is 2.40. The van der Waals surface area contributed by atoms with Gasteiger partial charge in [0, 0.05) is 10.7 Å². The van der Waals surface area contributed by atoms with Crippen LogP contribution in [-0.4, -0.2) is 30.3 Å². The highest BCUT2D eigenvalue weighted by molar-refractivity contribution is 6.31. The van der Waals surface area contributed by atoms with Gasteiger partial charge in [-0.2, -0.15) is 0 Å². The van der Waals surface area contributed by atoms with Crippen LogP contribution in [0.25, 0.3) is 0 Å². The van der Waals surface area contributed by atoms with Crippen LogP contribution >= 0.6 is 11.6 Å². The Bertz CT molecular complexity index is 880. The summed E-state index contributed by atoms with van der Waals surface area (Å²) in [6.45, 7) is 0.532. The van der Waals surface area contributed by atoms with E-state index in [4.69, 9.17) is 25.5 Å². The van der Waals surface area contributed by atoms with Gasteiger partial charge in [0.1, 0.15) is 18.5 Å². The third-order valence-electron chi connectivity index (χ3n) is 3.83. The molecule has 2 aromatic carbocycles. The van der Waals surface area contributed by atoms with Gasteiger partial charge in [0.25, 0.3) is 5.91 Å². The first-order valence-corrected chi connectivity index (χ1v) is 9.06. The van der Waals surface area contributed by atoms with Gasteiger partial charge in [0.15, 0.2) is 5.76 Å². The molecule has 0 fully saturated rings. The van der Waals surface area contributed by atoms with Crippen molar-refractivity contribution < 1.29 is 23.8 Å². The Kier molecular flexibility index (Phi) is 7.08. The molecule has 1 atom stereocenters. The van der Waals surface area contributed by atoms with Crippen LogP contribution in [-0.2, 0) is 11.3 Å². The smallest absolute Gasteiger partial charge is 0.291 e. The molecular formula is C21H20ClNO5. The van der Waals surface area contributed by atoms with E-state index in [2.05, 4.69) is 5.32 Å². The lowest BCUT2D eigenvalue weighted by atomic mass is 10.2. The summed E-state index contributed by atoms with van der Waals surface area (Å²) in [5, 5.41) is 13.3. The number of anilines is 1. The third kappa shape index (κ3) is 5.85. The number of nitrogens with one attached hydrogen (secondary N) is 1. The predicted octanol–water partition coefficient (Wildman–Crippen LogP) is 4.14. The molecular weight excluding hydrogens is 382 g/mol. The molecule has 0 aliphatic rings. The quantitative estimate of drug-likeness (QED) is 0.563. The molecule has 3 rings (SSSR count). The number of aliphatic hydroxyl groups excluding tert-OH is 1. The van der Waals surface area contributed by atoms with Gasteiger partial charge in [-0.3, -0.25) is 4.79 Å². The second kappa shape index (κ2) is 9.94. The number of aliphatic hydroxyl groups is 1. The van der Waals surface area contributed by atoms with Gasteiger partial charge in [-0.15, -0.1) is 0 Å². The molecule has 0 radical (unpaired) electrons. The first kappa shape index (κ1) is 19.9. The maximum Gasteiger partial charge on any atom is 0.291 e. The SMILES string of the molecule is O=C(Nc1ccc(OCC(O)COCc2ccccc2Cl)cc1)c1ccco1. The van der Waals surface area contributed by atoms with Crippen LogP contribution in [0, 0.1) is 0 Å². The van der Waals surface area contributed by atoms with Crippen LogP contribution in [0.5, 0.6) is 5.75 Å². The summed E-state index contributed by atoms with van der Waals surface area (Å²) in [6.07, 6.45) is 0.663. The second-order valence-electron chi connectivity index (χ2n) is 6.03. The zero-order valence-electron chi connectivity index (χ0n) is 15.0. The molecule has 146 valence electrons. The minimum Gasteiger partial charge on any atom is -0.491 e. The molecule has 0 bridgehead atoms. The molecule has 2 N–H and O–H groups in total. The lowest BCUT2D eigenvalue weighted by molar-refractivity contribution is 0.00551. The zero-order chi connectivity index (χ0) is 19.8. The number of furan rings is 1. The molecule has 7 heteroatoms. The fourth-order valence-corrected chi connectivity index (χ4v) is 2.59. The minimum absolute atomic E-state index is 0.0840. The zero-order valence-corrected chi connectivity index (χ0v) is 15.8. The van der Waals surface area contributed by atoms with Crippen molar-refractivity contribution in [2.45, 2.75) is 12.7 Å². The lowest BCUT2D eigenvalue weighted by Gasteiger charge is -2.13. The van der Waals surface area contributed by atoms with Crippen LogP contribution in [0.4, 0.5) is 5.69 Å². The minimum atomic E-state index is -0.777. The van der Waals surface area contributed by atoms with Gasteiger partial charge in [0.05, 0.1) is 19.5 Å². The number of halogens is 1. The van der Waals surface area contributed by atoms with Gasteiger partial charge in [-0.05, 0) is 48.0 Å². The van der Waals surface area contributed by atoms with Crippen molar-refractivity contribution in [2.24, 2.45) is 0 Å². The third-order valence-corrected chi connectivity index (χ3v) is 4.19. The standard InChI is InChI=1S/C21H20ClNO5/c22-19-5-2-1-4-15(19)12-26-13-17(24)14-28-18-9-7-16(8-10-18)23-21(25)20-6-3-11-27-20/h1-11,17,24H,12-14H2,(H,23,25). The number of benzene rings is 2. The summed E-state index contributed by atoms with van der Waals surface area (Å²) in [7, 11) is 0. The molecule has 0 aliphatic heterocycles. The van der Waals surface area contributed by atoms with E-state index in [1.807, 2.05) is 18.2 Å². The topological polar surface area (TPSA) is 80.9 Å². The van der Waals surface area contributed by atoms with Gasteiger partial charge in [-0.1, -0.05) is 29.8 Å². The summed E-state index contributed by atoms with van der Waals surface area (Å²) < 4.78 is 16.1. The van der Waals surface area contributed by atoms with Crippen molar-refractivity contribution in [1.29, 1.82) is 0 Å². The van der Waals surface area contributed by atoms with E-state index < -0.39 is 6.10 Å². The maximum atomic E-state index is 11.9. The van der Waals surface area contributed by atoms with E-state index in [0.717, 1.165) is 5.56 Å². The van der Waals surface area contributed by atoms with Gasteiger partial charge in [0.2, 0.25) is 0 Å². The molecule has 0 aliphatic carbocycles. The average molecular weight is 402 g/mol. The number of hydrogen-bond donors (Lipinski definition) is 2. The van der Waals surface area contributed by atoms with Crippen LogP contribution in [0.15, 0.2) is 71.3 Å². The molecule has 28 heavy (non-hydrogen) atoms. The van der Waals surface area contributed by atoms with Crippen molar-refractivity contribution in [3.8, 4) is 5.75 Å². The Morgan fingerprint density at radius 2 is 1.86 bits per heavy atom. The Hall–Kier alpha value is -2.80. The number of amides is 1. The Labute approximate surface area is 167 Å². The van der Waals surface area contributed by atoms with Crippen molar-refractivity contribution >= 4 is 23.2 Å². The summed E-state index contributed by atoms with van der Waals surface area (Å²) in [5.74, 6) is 0.478. The Morgan fingerprint density at radius 3 is 2.57 bits per heavy atom. The van der Waals surface area contributed by atoms with Crippen molar-refractivity contribution in [1.82, 2.24) is 0 Å². The molecule has 3 aromatic rings. The highest BCUT2D eigenvalue weighted by Gasteiger charge is 2.10. The number of carbonyl (C=O) groups is 1. The van der Waals surface area contributed by atoms with Crippen molar-refractivity contribution in [2.75, 3.05) is 18.5 Å². The van der Waals surface area contributed by atoms with Crippen molar-refractivity contribution in [3.05, 3.63) is 83.3 Å². The largest absolute Gasteiger partial charge is 0.491 e. The molecule has 0 saturated carbocycles. The summed E-state index contributed by atoms with van der Waals surface area (Å²) in [6, 6.07) is 17.4. The second-order valence-corrected chi connectivity index (χ2v) is 6.43. The summed E-state index contributed by atoms with van der Waals surface area (Å²) in [4.78, 5) is 11.9. The lowest BCUT2D eigenvalue weighted by Crippen LogP contribution is -2.23. The Morgan fingerprint density at radius 1 is 1.07 bits per heavy atom. The van der Waals surface area contributed by atoms with E-state index in [9.17, 15) is 9.90 Å². The monoisotopic (exact) mass is 401 g/mol. The van der Waals surface area contributed by atoms with Gasteiger partial charge < -0.3 is 24.3 Å². The van der Waals surface area contributed by atoms with Crippen LogP contribution < -0.4 is 10.1 Å². The average Bonchev–Trinajstić information content (AvgIpc) is 3.24. The Balaban J connectivity index is 1.39. The van der Waals surface area contributed by atoms with Crippen LogP contribution in [0.3, 0.4) is 0 Å². The highest BCUT2D eigenvalue weighted by Crippen LogP contribution is 2.18. The number of hydrogen-bond acceptors (Lipinski definition) is 5. The first-order chi connectivity index (χ1) is 13.6. The number of carbonyl (C=O) groups excluding carboxylic acids is 1. The first-order valence-electron chi connectivity index (χ1n) is 8.69. The van der Waals surface area contributed by atoms with E-state index >= 15 is 0 Å². The van der Waals surface area contributed by atoms with E-state index in [-0.39, 0.29) is 24.9 Å². The molecule has 6 nitrogen and oxygen atoms in total. The highest BCUT2D eigenvalue weighted by atomic mass is 35.5. The summed E-state index contributed by atoms with van der Waals surface area (Å²) >= 11 is 6.06. The van der Waals surface area contributed by atoms with Crippen LogP contribution in [0.1, 0.15) is 16.1 Å². The number of ether oxygens (including phenoxy) is 2.